The largest absolute Gasteiger partial charge is 0.507 e. The zero-order valence-electron chi connectivity index (χ0n) is 11.2. The van der Waals surface area contributed by atoms with Gasteiger partial charge in [0.2, 0.25) is 0 Å². The van der Waals surface area contributed by atoms with Gasteiger partial charge in [0.1, 0.15) is 11.5 Å². The minimum atomic E-state index is -0.283. The van der Waals surface area contributed by atoms with Crippen molar-refractivity contribution in [2.75, 3.05) is 14.2 Å². The smallest absolute Gasteiger partial charge is 0.255 e. The molecule has 0 heterocycles. The first-order chi connectivity index (χ1) is 9.15. The van der Waals surface area contributed by atoms with Gasteiger partial charge in [-0.05, 0) is 31.4 Å². The molecule has 1 aliphatic carbocycles. The molecule has 1 aromatic rings. The minimum Gasteiger partial charge on any atom is -0.507 e. The van der Waals surface area contributed by atoms with E-state index in [1.54, 1.807) is 19.2 Å². The molecule has 2 atom stereocenters. The fourth-order valence-electron chi connectivity index (χ4n) is 2.45. The predicted molar refractivity (Wildman–Crippen MR) is 70.6 cm³/mol. The maximum absolute atomic E-state index is 12.1. The van der Waals surface area contributed by atoms with Crippen molar-refractivity contribution < 1.29 is 19.4 Å². The van der Waals surface area contributed by atoms with Crippen LogP contribution in [0.5, 0.6) is 11.5 Å². The van der Waals surface area contributed by atoms with E-state index in [9.17, 15) is 9.90 Å². The van der Waals surface area contributed by atoms with Crippen LogP contribution in [0.3, 0.4) is 0 Å². The molecule has 1 saturated carbocycles. The molecule has 0 saturated heterocycles. The Labute approximate surface area is 112 Å². The third-order valence-electron chi connectivity index (χ3n) is 3.52. The number of phenols is 1. The average Bonchev–Trinajstić information content (AvgIpc) is 2.85. The Morgan fingerprint density at radius 3 is 2.79 bits per heavy atom. The molecule has 1 aliphatic rings. The Kier molecular flexibility index (Phi) is 4.27. The molecule has 2 unspecified atom stereocenters. The molecule has 104 valence electrons. The molecule has 1 fully saturated rings. The molecule has 0 aromatic heterocycles. The van der Waals surface area contributed by atoms with Crippen molar-refractivity contribution in [1.82, 2.24) is 5.32 Å². The molecule has 0 aliphatic heterocycles. The van der Waals surface area contributed by atoms with Crippen LogP contribution < -0.4 is 10.1 Å². The lowest BCUT2D eigenvalue weighted by Crippen LogP contribution is -2.40. The summed E-state index contributed by atoms with van der Waals surface area (Å²) in [6, 6.07) is 4.65. The zero-order chi connectivity index (χ0) is 13.8. The second kappa shape index (κ2) is 5.93. The van der Waals surface area contributed by atoms with Crippen LogP contribution in [0.1, 0.15) is 29.6 Å². The van der Waals surface area contributed by atoms with E-state index in [0.717, 1.165) is 19.3 Å². The lowest BCUT2D eigenvalue weighted by molar-refractivity contribution is 0.0720. The molecule has 5 nitrogen and oxygen atoms in total. The highest BCUT2D eigenvalue weighted by Gasteiger charge is 2.29. The van der Waals surface area contributed by atoms with Gasteiger partial charge in [-0.1, -0.05) is 0 Å². The molecule has 5 heteroatoms. The van der Waals surface area contributed by atoms with Crippen LogP contribution in [0.2, 0.25) is 0 Å². The van der Waals surface area contributed by atoms with E-state index in [2.05, 4.69) is 5.32 Å². The predicted octanol–water partition coefficient (Wildman–Crippen LogP) is 1.70. The minimum absolute atomic E-state index is 0.0130. The number of aromatic hydroxyl groups is 1. The van der Waals surface area contributed by atoms with Gasteiger partial charge in [0.05, 0.1) is 24.8 Å². The molecule has 1 amide bonds. The van der Waals surface area contributed by atoms with E-state index < -0.39 is 0 Å². The number of carbonyl (C=O) groups is 1. The van der Waals surface area contributed by atoms with Gasteiger partial charge in [-0.25, -0.2) is 0 Å². The molecule has 19 heavy (non-hydrogen) atoms. The van der Waals surface area contributed by atoms with Crippen molar-refractivity contribution >= 4 is 5.91 Å². The number of rotatable bonds is 4. The second-order valence-electron chi connectivity index (χ2n) is 4.67. The Bertz CT molecular complexity index is 461. The van der Waals surface area contributed by atoms with E-state index in [0.29, 0.717) is 5.75 Å². The van der Waals surface area contributed by atoms with Crippen LogP contribution in [-0.2, 0) is 4.74 Å². The summed E-state index contributed by atoms with van der Waals surface area (Å²) < 4.78 is 10.3. The number of methoxy groups -OCH3 is 2. The van der Waals surface area contributed by atoms with E-state index in [4.69, 9.17) is 9.47 Å². The molecular formula is C14H19NO4. The Hall–Kier alpha value is -1.75. The average molecular weight is 265 g/mol. The molecule has 0 radical (unpaired) electrons. The first-order valence-electron chi connectivity index (χ1n) is 6.36. The number of carbonyl (C=O) groups excluding carboxylic acids is 1. The summed E-state index contributed by atoms with van der Waals surface area (Å²) in [4.78, 5) is 12.1. The van der Waals surface area contributed by atoms with Gasteiger partial charge in [0.15, 0.2) is 0 Å². The maximum atomic E-state index is 12.1. The molecule has 1 aromatic carbocycles. The monoisotopic (exact) mass is 265 g/mol. The maximum Gasteiger partial charge on any atom is 0.255 e. The first kappa shape index (κ1) is 13.7. The van der Waals surface area contributed by atoms with Crippen LogP contribution in [0.25, 0.3) is 0 Å². The van der Waals surface area contributed by atoms with E-state index in [1.807, 2.05) is 0 Å². The summed E-state index contributed by atoms with van der Waals surface area (Å²) in [5, 5.41) is 12.7. The second-order valence-corrected chi connectivity index (χ2v) is 4.67. The summed E-state index contributed by atoms with van der Waals surface area (Å²) in [7, 11) is 3.16. The van der Waals surface area contributed by atoms with Crippen LogP contribution >= 0.6 is 0 Å². The van der Waals surface area contributed by atoms with Gasteiger partial charge >= 0.3 is 0 Å². The SMILES string of the molecule is COc1ccc(C(=O)NC2CCCC2OC)c(O)c1. The summed E-state index contributed by atoms with van der Waals surface area (Å²) in [5.74, 6) is 0.155. The Morgan fingerprint density at radius 1 is 1.37 bits per heavy atom. The Morgan fingerprint density at radius 2 is 2.16 bits per heavy atom. The number of benzene rings is 1. The van der Waals surface area contributed by atoms with Gasteiger partial charge in [-0.3, -0.25) is 4.79 Å². The first-order valence-corrected chi connectivity index (χ1v) is 6.36. The lowest BCUT2D eigenvalue weighted by Gasteiger charge is -2.19. The van der Waals surface area contributed by atoms with Gasteiger partial charge in [0.25, 0.3) is 5.91 Å². The van der Waals surface area contributed by atoms with Crippen molar-refractivity contribution in [3.05, 3.63) is 23.8 Å². The molecule has 2 N–H and O–H groups in total. The van der Waals surface area contributed by atoms with Crippen molar-refractivity contribution in [2.45, 2.75) is 31.4 Å². The fraction of sp³-hybridized carbons (Fsp3) is 0.500. The third-order valence-corrected chi connectivity index (χ3v) is 3.52. The van der Waals surface area contributed by atoms with Gasteiger partial charge in [-0.15, -0.1) is 0 Å². The molecule has 0 spiro atoms. The van der Waals surface area contributed by atoms with E-state index in [1.165, 1.54) is 13.2 Å². The van der Waals surface area contributed by atoms with E-state index in [-0.39, 0.29) is 29.4 Å². The fourth-order valence-corrected chi connectivity index (χ4v) is 2.45. The van der Waals surface area contributed by atoms with Crippen LogP contribution in [-0.4, -0.2) is 37.4 Å². The highest BCUT2D eigenvalue weighted by atomic mass is 16.5. The van der Waals surface area contributed by atoms with Gasteiger partial charge in [-0.2, -0.15) is 0 Å². The van der Waals surface area contributed by atoms with Crippen molar-refractivity contribution in [3.63, 3.8) is 0 Å². The molecular weight excluding hydrogens is 246 g/mol. The molecule has 2 rings (SSSR count). The summed E-state index contributed by atoms with van der Waals surface area (Å²) in [5.41, 5.74) is 0.252. The standard InChI is InChI=1S/C14H19NO4/c1-18-9-6-7-10(12(16)8-9)14(17)15-11-4-3-5-13(11)19-2/h6-8,11,13,16H,3-5H2,1-2H3,(H,15,17). The van der Waals surface area contributed by atoms with Crippen molar-refractivity contribution in [2.24, 2.45) is 0 Å². The highest BCUT2D eigenvalue weighted by molar-refractivity contribution is 5.97. The van der Waals surface area contributed by atoms with Crippen LogP contribution in [0, 0.1) is 0 Å². The topological polar surface area (TPSA) is 67.8 Å². The van der Waals surface area contributed by atoms with Crippen molar-refractivity contribution in [3.8, 4) is 11.5 Å². The zero-order valence-corrected chi connectivity index (χ0v) is 11.2. The Balaban J connectivity index is 2.07. The lowest BCUT2D eigenvalue weighted by atomic mass is 10.1. The van der Waals surface area contributed by atoms with Gasteiger partial charge < -0.3 is 19.9 Å². The quantitative estimate of drug-likeness (QED) is 0.869. The third kappa shape index (κ3) is 2.98. The number of amides is 1. The summed E-state index contributed by atoms with van der Waals surface area (Å²) in [6.45, 7) is 0. The number of hydrogen-bond donors (Lipinski definition) is 2. The number of hydrogen-bond acceptors (Lipinski definition) is 4. The van der Waals surface area contributed by atoms with E-state index >= 15 is 0 Å². The number of phenolic OH excluding ortho intramolecular Hbond substituents is 1. The van der Waals surface area contributed by atoms with Crippen molar-refractivity contribution in [1.29, 1.82) is 0 Å². The normalized spacial score (nSPS) is 22.2. The molecule has 0 bridgehead atoms. The number of ether oxygens (including phenoxy) is 2. The van der Waals surface area contributed by atoms with Gasteiger partial charge in [0, 0.05) is 13.2 Å². The summed E-state index contributed by atoms with van der Waals surface area (Å²) in [6.07, 6.45) is 2.96. The van der Waals surface area contributed by atoms with Crippen LogP contribution in [0.15, 0.2) is 18.2 Å². The summed E-state index contributed by atoms with van der Waals surface area (Å²) >= 11 is 0. The van der Waals surface area contributed by atoms with Crippen LogP contribution in [0.4, 0.5) is 0 Å². The number of nitrogens with one attached hydrogen (secondary N) is 1. The highest BCUT2D eigenvalue weighted by Crippen LogP contribution is 2.25.